The third-order valence-electron chi connectivity index (χ3n) is 2.11. The van der Waals surface area contributed by atoms with Crippen molar-refractivity contribution >= 4 is 0 Å². The first-order valence-electron chi connectivity index (χ1n) is 5.06. The number of hydrogen-bond acceptors (Lipinski definition) is 2. The maximum atomic E-state index is 8.72. The molecule has 0 amide bonds. The highest BCUT2D eigenvalue weighted by Gasteiger charge is 1.94. The molecule has 0 aromatic heterocycles. The van der Waals surface area contributed by atoms with Crippen LogP contribution in [-0.2, 0) is 6.54 Å². The summed E-state index contributed by atoms with van der Waals surface area (Å²) in [5.41, 5.74) is 3.05. The van der Waals surface area contributed by atoms with E-state index in [0.717, 1.165) is 25.1 Å². The summed E-state index contributed by atoms with van der Waals surface area (Å²) in [6.45, 7) is 7.61. The molecule has 2 heteroatoms. The Morgan fingerprint density at radius 2 is 2.33 bits per heavy atom. The molecule has 0 bridgehead atoms. The zero-order chi connectivity index (χ0) is 11.1. The molecular formula is C13H16N2. The fourth-order valence-corrected chi connectivity index (χ4v) is 1.29. The molecule has 1 rings (SSSR count). The van der Waals surface area contributed by atoms with Crippen LogP contribution in [-0.4, -0.2) is 6.54 Å². The molecule has 0 aliphatic heterocycles. The number of hydrogen-bond donors (Lipinski definition) is 1. The lowest BCUT2D eigenvalue weighted by Crippen LogP contribution is -2.14. The Bertz CT molecular complexity index is 374. The van der Waals surface area contributed by atoms with Crippen molar-refractivity contribution < 1.29 is 0 Å². The van der Waals surface area contributed by atoms with Crippen LogP contribution in [0, 0.1) is 11.3 Å². The molecule has 0 radical (unpaired) electrons. The van der Waals surface area contributed by atoms with Gasteiger partial charge in [0.05, 0.1) is 11.6 Å². The highest BCUT2D eigenvalue weighted by molar-refractivity contribution is 5.32. The van der Waals surface area contributed by atoms with Crippen LogP contribution >= 0.6 is 0 Å². The van der Waals surface area contributed by atoms with E-state index in [9.17, 15) is 0 Å². The molecule has 1 aromatic carbocycles. The van der Waals surface area contributed by atoms with Gasteiger partial charge < -0.3 is 5.32 Å². The van der Waals surface area contributed by atoms with Gasteiger partial charge in [-0.05, 0) is 37.6 Å². The van der Waals surface area contributed by atoms with Gasteiger partial charge in [-0.1, -0.05) is 17.7 Å². The van der Waals surface area contributed by atoms with Crippen LogP contribution in [0.4, 0.5) is 0 Å². The van der Waals surface area contributed by atoms with Gasteiger partial charge in [-0.2, -0.15) is 5.26 Å². The third kappa shape index (κ3) is 4.44. The van der Waals surface area contributed by atoms with Crippen molar-refractivity contribution in [3.05, 3.63) is 47.5 Å². The summed E-state index contributed by atoms with van der Waals surface area (Å²) in [5, 5.41) is 12.0. The van der Waals surface area contributed by atoms with Crippen LogP contribution in [0.5, 0.6) is 0 Å². The van der Waals surface area contributed by atoms with Crippen LogP contribution in [0.25, 0.3) is 0 Å². The van der Waals surface area contributed by atoms with Crippen LogP contribution in [0.2, 0.25) is 0 Å². The lowest BCUT2D eigenvalue weighted by atomic mass is 10.1. The number of rotatable bonds is 5. The maximum absolute atomic E-state index is 8.72. The third-order valence-corrected chi connectivity index (χ3v) is 2.11. The summed E-state index contributed by atoms with van der Waals surface area (Å²) >= 11 is 0. The van der Waals surface area contributed by atoms with Crippen molar-refractivity contribution in [1.82, 2.24) is 5.32 Å². The van der Waals surface area contributed by atoms with Crippen molar-refractivity contribution in [3.63, 3.8) is 0 Å². The Morgan fingerprint density at radius 1 is 1.53 bits per heavy atom. The molecule has 78 valence electrons. The van der Waals surface area contributed by atoms with Crippen LogP contribution in [0.3, 0.4) is 0 Å². The van der Waals surface area contributed by atoms with E-state index in [0.29, 0.717) is 5.56 Å². The molecule has 0 saturated heterocycles. The molecule has 1 N–H and O–H groups in total. The minimum absolute atomic E-state index is 0.717. The second-order valence-corrected chi connectivity index (χ2v) is 3.70. The summed E-state index contributed by atoms with van der Waals surface area (Å²) in [4.78, 5) is 0. The first-order chi connectivity index (χ1) is 7.22. The van der Waals surface area contributed by atoms with Crippen LogP contribution in [0.15, 0.2) is 36.4 Å². The number of nitriles is 1. The second kappa shape index (κ2) is 6.00. The molecule has 0 spiro atoms. The molecule has 0 fully saturated rings. The molecule has 0 heterocycles. The van der Waals surface area contributed by atoms with E-state index in [1.165, 1.54) is 5.57 Å². The molecule has 1 aromatic rings. The smallest absolute Gasteiger partial charge is 0.0991 e. The fraction of sp³-hybridized carbons (Fsp3) is 0.308. The van der Waals surface area contributed by atoms with Crippen LogP contribution < -0.4 is 5.32 Å². The van der Waals surface area contributed by atoms with Crippen molar-refractivity contribution in [2.45, 2.75) is 19.9 Å². The van der Waals surface area contributed by atoms with E-state index in [1.807, 2.05) is 31.2 Å². The normalized spacial score (nSPS) is 9.60. The molecule has 2 nitrogen and oxygen atoms in total. The first-order valence-corrected chi connectivity index (χ1v) is 5.06. The molecule has 0 aliphatic carbocycles. The molecule has 0 aliphatic rings. The standard InChI is InChI=1S/C13H16N2/c1-11(2)6-7-15-10-13-5-3-4-12(8-13)9-14/h3-5,8,15H,1,6-7,10H2,2H3. The van der Waals surface area contributed by atoms with E-state index in [4.69, 9.17) is 5.26 Å². The topological polar surface area (TPSA) is 35.8 Å². The van der Waals surface area contributed by atoms with E-state index in [1.54, 1.807) is 0 Å². The van der Waals surface area contributed by atoms with Gasteiger partial charge >= 0.3 is 0 Å². The second-order valence-electron chi connectivity index (χ2n) is 3.70. The largest absolute Gasteiger partial charge is 0.312 e. The van der Waals surface area contributed by atoms with E-state index in [-0.39, 0.29) is 0 Å². The van der Waals surface area contributed by atoms with Gasteiger partial charge in [0.1, 0.15) is 0 Å². The lowest BCUT2D eigenvalue weighted by molar-refractivity contribution is 0.685. The summed E-state index contributed by atoms with van der Waals surface area (Å²) in [6, 6.07) is 9.79. The van der Waals surface area contributed by atoms with E-state index < -0.39 is 0 Å². The van der Waals surface area contributed by atoms with Crippen molar-refractivity contribution in [2.75, 3.05) is 6.54 Å². The average Bonchev–Trinajstić information content (AvgIpc) is 2.24. The minimum Gasteiger partial charge on any atom is -0.312 e. The number of nitrogens with zero attached hydrogens (tertiary/aromatic N) is 1. The Kier molecular flexibility index (Phi) is 4.59. The van der Waals surface area contributed by atoms with Crippen molar-refractivity contribution in [2.24, 2.45) is 0 Å². The predicted octanol–water partition coefficient (Wildman–Crippen LogP) is 2.61. The molecule has 15 heavy (non-hydrogen) atoms. The van der Waals surface area contributed by atoms with Crippen molar-refractivity contribution in [1.29, 1.82) is 5.26 Å². The fourth-order valence-electron chi connectivity index (χ4n) is 1.29. The summed E-state index contributed by atoms with van der Waals surface area (Å²) in [6.07, 6.45) is 0.998. The Labute approximate surface area is 91.2 Å². The Morgan fingerprint density at radius 3 is 3.00 bits per heavy atom. The van der Waals surface area contributed by atoms with Gasteiger partial charge in [-0.3, -0.25) is 0 Å². The highest BCUT2D eigenvalue weighted by atomic mass is 14.8. The van der Waals surface area contributed by atoms with E-state index >= 15 is 0 Å². The summed E-state index contributed by atoms with van der Waals surface area (Å²) < 4.78 is 0. The summed E-state index contributed by atoms with van der Waals surface area (Å²) in [7, 11) is 0. The monoisotopic (exact) mass is 200 g/mol. The molecule has 0 atom stereocenters. The van der Waals surface area contributed by atoms with Gasteiger partial charge in [-0.25, -0.2) is 0 Å². The molecule has 0 saturated carbocycles. The number of nitrogens with one attached hydrogen (secondary N) is 1. The number of benzene rings is 1. The average molecular weight is 200 g/mol. The van der Waals surface area contributed by atoms with Crippen molar-refractivity contribution in [3.8, 4) is 6.07 Å². The quantitative estimate of drug-likeness (QED) is 0.586. The van der Waals surface area contributed by atoms with Gasteiger partial charge in [0.15, 0.2) is 0 Å². The zero-order valence-corrected chi connectivity index (χ0v) is 9.09. The Balaban J connectivity index is 2.38. The van der Waals surface area contributed by atoms with Gasteiger partial charge in [0.25, 0.3) is 0 Å². The first kappa shape index (κ1) is 11.5. The Hall–Kier alpha value is -1.59. The SMILES string of the molecule is C=C(C)CCNCc1cccc(C#N)c1. The zero-order valence-electron chi connectivity index (χ0n) is 9.09. The maximum Gasteiger partial charge on any atom is 0.0991 e. The van der Waals surface area contributed by atoms with Gasteiger partial charge in [-0.15, -0.1) is 6.58 Å². The van der Waals surface area contributed by atoms with E-state index in [2.05, 4.69) is 18.0 Å². The highest BCUT2D eigenvalue weighted by Crippen LogP contribution is 2.03. The summed E-state index contributed by atoms with van der Waals surface area (Å²) in [5.74, 6) is 0. The minimum atomic E-state index is 0.717. The molecule has 0 unspecified atom stereocenters. The van der Waals surface area contributed by atoms with Gasteiger partial charge in [0, 0.05) is 6.54 Å². The van der Waals surface area contributed by atoms with Gasteiger partial charge in [0.2, 0.25) is 0 Å². The predicted molar refractivity (Wildman–Crippen MR) is 62.3 cm³/mol. The van der Waals surface area contributed by atoms with Crippen LogP contribution in [0.1, 0.15) is 24.5 Å². The molecular weight excluding hydrogens is 184 g/mol. The lowest BCUT2D eigenvalue weighted by Gasteiger charge is -2.04.